The Bertz CT molecular complexity index is 411. The summed E-state index contributed by atoms with van der Waals surface area (Å²) < 4.78 is 5.61. The van der Waals surface area contributed by atoms with Crippen LogP contribution >= 0.6 is 0 Å². The van der Waals surface area contributed by atoms with E-state index >= 15 is 0 Å². The van der Waals surface area contributed by atoms with Crippen molar-refractivity contribution in [2.75, 3.05) is 6.61 Å². The van der Waals surface area contributed by atoms with Gasteiger partial charge in [-0.1, -0.05) is 0 Å². The zero-order valence-corrected chi connectivity index (χ0v) is 12.6. The standard InChI is InChI=1S/C16H25NO4/c1-9(12-3-2-8-21-12)17-15(18)13-10-4-6-11(7-5-10)14(13)16(19)20/h9-14H,2-8H2,1H3,(H,17,18)(H,19,20)/t9-,10?,11?,12-,13-,14+/m1/s1. The number of rotatable bonds is 4. The van der Waals surface area contributed by atoms with Gasteiger partial charge in [-0.15, -0.1) is 0 Å². The van der Waals surface area contributed by atoms with Crippen molar-refractivity contribution in [1.29, 1.82) is 0 Å². The number of carbonyl (C=O) groups excluding carboxylic acids is 1. The van der Waals surface area contributed by atoms with Crippen LogP contribution in [0.15, 0.2) is 0 Å². The van der Waals surface area contributed by atoms with Gasteiger partial charge in [-0.3, -0.25) is 9.59 Å². The number of fused-ring (bicyclic) bond motifs is 3. The molecule has 4 rings (SSSR count). The van der Waals surface area contributed by atoms with Crippen molar-refractivity contribution >= 4 is 11.9 Å². The second kappa shape index (κ2) is 5.95. The summed E-state index contributed by atoms with van der Waals surface area (Å²) in [5, 5.41) is 12.6. The summed E-state index contributed by atoms with van der Waals surface area (Å²) in [7, 11) is 0. The van der Waals surface area contributed by atoms with Gasteiger partial charge in [0.2, 0.25) is 5.91 Å². The summed E-state index contributed by atoms with van der Waals surface area (Å²) in [6, 6.07) is -0.0325. The lowest BCUT2D eigenvalue weighted by atomic mass is 9.58. The SMILES string of the molecule is C[C@@H](NC(=O)[C@@H]1C2CCC(CC2)[C@@H]1C(=O)O)[C@H]1CCCO1. The van der Waals surface area contributed by atoms with Crippen LogP contribution in [-0.2, 0) is 14.3 Å². The third-order valence-electron chi connectivity index (χ3n) is 5.70. The third-order valence-corrected chi connectivity index (χ3v) is 5.70. The Morgan fingerprint density at radius 3 is 2.24 bits per heavy atom. The van der Waals surface area contributed by atoms with E-state index < -0.39 is 11.9 Å². The fraction of sp³-hybridized carbons (Fsp3) is 0.875. The summed E-state index contributed by atoms with van der Waals surface area (Å²) in [6.45, 7) is 2.72. The molecule has 3 saturated carbocycles. The molecule has 2 N–H and O–H groups in total. The van der Waals surface area contributed by atoms with E-state index in [-0.39, 0.29) is 35.8 Å². The van der Waals surface area contributed by atoms with Crippen LogP contribution < -0.4 is 5.32 Å². The van der Waals surface area contributed by atoms with E-state index in [0.29, 0.717) is 0 Å². The van der Waals surface area contributed by atoms with E-state index in [1.807, 2.05) is 6.92 Å². The van der Waals surface area contributed by atoms with E-state index in [4.69, 9.17) is 4.74 Å². The van der Waals surface area contributed by atoms with Gasteiger partial charge in [0.05, 0.1) is 24.0 Å². The molecule has 0 aromatic heterocycles. The molecule has 1 amide bonds. The van der Waals surface area contributed by atoms with E-state index in [0.717, 1.165) is 45.1 Å². The first-order valence-corrected chi connectivity index (χ1v) is 8.22. The summed E-state index contributed by atoms with van der Waals surface area (Å²) in [5.41, 5.74) is 0. The summed E-state index contributed by atoms with van der Waals surface area (Å²) >= 11 is 0. The van der Waals surface area contributed by atoms with Crippen LogP contribution in [0.25, 0.3) is 0 Å². The molecule has 5 nitrogen and oxygen atoms in total. The fourth-order valence-electron chi connectivity index (χ4n) is 4.59. The van der Waals surface area contributed by atoms with Crippen LogP contribution in [-0.4, -0.2) is 35.7 Å². The van der Waals surface area contributed by atoms with Crippen molar-refractivity contribution in [3.63, 3.8) is 0 Å². The number of hydrogen-bond acceptors (Lipinski definition) is 3. The van der Waals surface area contributed by atoms with Crippen LogP contribution in [0.1, 0.15) is 45.4 Å². The van der Waals surface area contributed by atoms with Gasteiger partial charge in [-0.25, -0.2) is 0 Å². The predicted octanol–water partition coefficient (Wildman–Crippen LogP) is 1.81. The molecular formula is C16H25NO4. The second-order valence-corrected chi connectivity index (χ2v) is 6.91. The van der Waals surface area contributed by atoms with Crippen molar-refractivity contribution in [2.45, 2.75) is 57.6 Å². The monoisotopic (exact) mass is 295 g/mol. The van der Waals surface area contributed by atoms with E-state index in [1.54, 1.807) is 0 Å². The van der Waals surface area contributed by atoms with Gasteiger partial charge in [-0.2, -0.15) is 0 Å². The van der Waals surface area contributed by atoms with E-state index in [1.165, 1.54) is 0 Å². The maximum atomic E-state index is 12.6. The van der Waals surface area contributed by atoms with Gasteiger partial charge >= 0.3 is 5.97 Å². The minimum atomic E-state index is -0.797. The normalized spacial score (nSPS) is 40.0. The molecule has 4 fully saturated rings. The number of nitrogens with one attached hydrogen (secondary N) is 1. The van der Waals surface area contributed by atoms with Gasteiger partial charge in [-0.05, 0) is 57.3 Å². The maximum absolute atomic E-state index is 12.6. The molecule has 0 aromatic rings. The summed E-state index contributed by atoms with van der Waals surface area (Å²) in [6.07, 6.45) is 6.02. The highest BCUT2D eigenvalue weighted by molar-refractivity contribution is 5.85. The highest BCUT2D eigenvalue weighted by Crippen LogP contribution is 2.49. The molecule has 4 atom stereocenters. The average molecular weight is 295 g/mol. The first-order chi connectivity index (χ1) is 10.1. The average Bonchev–Trinajstić information content (AvgIpc) is 3.01. The van der Waals surface area contributed by atoms with E-state index in [9.17, 15) is 14.7 Å². The number of hydrogen-bond donors (Lipinski definition) is 2. The lowest BCUT2D eigenvalue weighted by molar-refractivity contribution is -0.158. The Balaban J connectivity index is 1.68. The summed E-state index contributed by atoms with van der Waals surface area (Å²) in [4.78, 5) is 24.2. The van der Waals surface area contributed by atoms with Crippen LogP contribution in [0.2, 0.25) is 0 Å². The Morgan fingerprint density at radius 1 is 1.10 bits per heavy atom. The van der Waals surface area contributed by atoms with Crippen LogP contribution in [0.5, 0.6) is 0 Å². The molecule has 3 aliphatic carbocycles. The topological polar surface area (TPSA) is 75.6 Å². The number of amides is 1. The molecule has 118 valence electrons. The number of carboxylic acid groups (broad SMARTS) is 1. The Kier molecular flexibility index (Phi) is 4.20. The molecule has 21 heavy (non-hydrogen) atoms. The van der Waals surface area contributed by atoms with Gasteiger partial charge < -0.3 is 15.2 Å². The van der Waals surface area contributed by atoms with Crippen molar-refractivity contribution in [2.24, 2.45) is 23.7 Å². The van der Waals surface area contributed by atoms with Gasteiger partial charge in [0.25, 0.3) is 0 Å². The zero-order valence-electron chi connectivity index (χ0n) is 12.6. The van der Waals surface area contributed by atoms with Crippen molar-refractivity contribution in [3.05, 3.63) is 0 Å². The molecule has 4 aliphatic rings. The minimum absolute atomic E-state index is 0.0325. The molecule has 1 saturated heterocycles. The van der Waals surface area contributed by atoms with Crippen LogP contribution in [0, 0.1) is 23.7 Å². The Morgan fingerprint density at radius 2 is 1.71 bits per heavy atom. The molecule has 5 heteroatoms. The maximum Gasteiger partial charge on any atom is 0.307 e. The first kappa shape index (κ1) is 14.8. The number of ether oxygens (including phenoxy) is 1. The highest BCUT2D eigenvalue weighted by atomic mass is 16.5. The smallest absolute Gasteiger partial charge is 0.307 e. The quantitative estimate of drug-likeness (QED) is 0.829. The Hall–Kier alpha value is -1.10. The lowest BCUT2D eigenvalue weighted by Crippen LogP contribution is -2.53. The van der Waals surface area contributed by atoms with Gasteiger partial charge in [0, 0.05) is 6.61 Å². The molecule has 2 bridgehead atoms. The fourth-order valence-corrected chi connectivity index (χ4v) is 4.59. The Labute approximate surface area is 125 Å². The molecule has 0 radical (unpaired) electrons. The second-order valence-electron chi connectivity index (χ2n) is 6.91. The largest absolute Gasteiger partial charge is 0.481 e. The molecule has 1 aliphatic heterocycles. The molecular weight excluding hydrogens is 270 g/mol. The number of carboxylic acids is 1. The minimum Gasteiger partial charge on any atom is -0.481 e. The third kappa shape index (κ3) is 2.80. The first-order valence-electron chi connectivity index (χ1n) is 8.22. The molecule has 0 spiro atoms. The van der Waals surface area contributed by atoms with Gasteiger partial charge in [0.15, 0.2) is 0 Å². The van der Waals surface area contributed by atoms with Crippen molar-refractivity contribution < 1.29 is 19.4 Å². The zero-order chi connectivity index (χ0) is 15.0. The van der Waals surface area contributed by atoms with Crippen molar-refractivity contribution in [3.8, 4) is 0 Å². The number of aliphatic carboxylic acids is 1. The van der Waals surface area contributed by atoms with Crippen LogP contribution in [0.3, 0.4) is 0 Å². The molecule has 0 aromatic carbocycles. The van der Waals surface area contributed by atoms with Gasteiger partial charge in [0.1, 0.15) is 0 Å². The number of carbonyl (C=O) groups is 2. The van der Waals surface area contributed by atoms with E-state index in [2.05, 4.69) is 5.32 Å². The summed E-state index contributed by atoms with van der Waals surface area (Å²) in [5.74, 6) is -1.28. The lowest BCUT2D eigenvalue weighted by Gasteiger charge is -2.46. The van der Waals surface area contributed by atoms with Crippen LogP contribution in [0.4, 0.5) is 0 Å². The molecule has 0 unspecified atom stereocenters. The van der Waals surface area contributed by atoms with Crippen molar-refractivity contribution in [1.82, 2.24) is 5.32 Å². The highest BCUT2D eigenvalue weighted by Gasteiger charge is 2.50. The predicted molar refractivity (Wildman–Crippen MR) is 76.6 cm³/mol. The molecule has 1 heterocycles.